The van der Waals surface area contributed by atoms with E-state index in [2.05, 4.69) is 0 Å². The molecule has 1 aliphatic heterocycles. The molecule has 10 atom stereocenters. The Kier molecular flexibility index (Phi) is 10.7. The maximum absolute atomic E-state index is 14.5. The Morgan fingerprint density at radius 3 is 1.70 bits per heavy atom. The third kappa shape index (κ3) is 6.66. The fourth-order valence-electron chi connectivity index (χ4n) is 9.86. The van der Waals surface area contributed by atoms with Gasteiger partial charge in [0, 0.05) is 40.5 Å². The first kappa shape index (κ1) is 40.6. The highest BCUT2D eigenvalue weighted by Crippen LogP contribution is 2.69. The summed E-state index contributed by atoms with van der Waals surface area (Å²) in [5.41, 5.74) is -6.40. The van der Waals surface area contributed by atoms with Gasteiger partial charge in [-0.2, -0.15) is 0 Å². The molecule has 1 saturated heterocycles. The third-order valence-electron chi connectivity index (χ3n) is 12.1. The first-order valence-corrected chi connectivity index (χ1v) is 18.6. The van der Waals surface area contributed by atoms with Crippen LogP contribution in [0.3, 0.4) is 0 Å². The van der Waals surface area contributed by atoms with E-state index in [4.69, 9.17) is 33.2 Å². The van der Waals surface area contributed by atoms with Crippen molar-refractivity contribution in [3.05, 3.63) is 82.9 Å². The third-order valence-corrected chi connectivity index (χ3v) is 12.1. The van der Waals surface area contributed by atoms with Gasteiger partial charge in [-0.05, 0) is 56.2 Å². The Bertz CT molecular complexity index is 1930. The van der Waals surface area contributed by atoms with Crippen molar-refractivity contribution < 1.29 is 67.0 Å². The summed E-state index contributed by atoms with van der Waals surface area (Å²) >= 11 is 0. The minimum atomic E-state index is -1.93. The highest BCUT2D eigenvalue weighted by atomic mass is 16.6. The molecule has 2 saturated carbocycles. The molecule has 14 heteroatoms. The second-order valence-corrected chi connectivity index (χ2v) is 15.9. The maximum atomic E-state index is 14.5. The quantitative estimate of drug-likeness (QED) is 0.214. The summed E-state index contributed by atoms with van der Waals surface area (Å²) in [7, 11) is 0. The van der Waals surface area contributed by atoms with Crippen molar-refractivity contribution in [2.75, 3.05) is 6.61 Å². The fourth-order valence-corrected chi connectivity index (χ4v) is 9.86. The molecular weight excluding hydrogens is 728 g/mol. The molecule has 0 radical (unpaired) electrons. The van der Waals surface area contributed by atoms with E-state index in [1.165, 1.54) is 46.8 Å². The molecule has 0 aromatic heterocycles. The number of ether oxygens (including phenoxy) is 7. The molecule has 3 aliphatic carbocycles. The zero-order chi connectivity index (χ0) is 41.0. The molecule has 1 N–H and O–H groups in total. The van der Waals surface area contributed by atoms with Crippen LogP contribution in [0.1, 0.15) is 88.9 Å². The van der Waals surface area contributed by atoms with Crippen LogP contribution in [0.4, 0.5) is 0 Å². The fraction of sp³-hybridized carbons (Fsp3) is 0.524. The molecule has 6 rings (SSSR count). The van der Waals surface area contributed by atoms with Crippen molar-refractivity contribution in [3.63, 3.8) is 0 Å². The second kappa shape index (κ2) is 14.8. The molecule has 3 fully saturated rings. The van der Waals surface area contributed by atoms with Crippen LogP contribution in [0.5, 0.6) is 0 Å². The van der Waals surface area contributed by atoms with Crippen molar-refractivity contribution in [2.24, 2.45) is 16.7 Å². The van der Waals surface area contributed by atoms with Gasteiger partial charge in [0.05, 0.1) is 40.1 Å². The van der Waals surface area contributed by atoms with E-state index < -0.39 is 100 Å². The van der Waals surface area contributed by atoms with E-state index in [0.29, 0.717) is 5.57 Å². The van der Waals surface area contributed by atoms with Gasteiger partial charge < -0.3 is 38.3 Å². The standard InChI is InChI=1S/C42H48O14/c1-22-29(51-23(2)43)20-41(39(6,7)49)32(22)33(53-25(4)45)35(54-37(47)27-15-11-9-12-16-27)40(8)30(52-24(3)44)19-31-42(21-50-31,56-26(5)46)34(40)36(41)55-38(48)28-17-13-10-14-18-28/h9-18,29-31,33-36,49H,19-21H2,1-8H3/t29-,30-,31-,33+,34+,35-,36-,40-,41-,42-/m0/s1. The molecule has 1 heterocycles. The first-order chi connectivity index (χ1) is 26.3. The number of hydrogen-bond acceptors (Lipinski definition) is 14. The van der Waals surface area contributed by atoms with Gasteiger partial charge in [0.25, 0.3) is 0 Å². The molecule has 56 heavy (non-hydrogen) atoms. The largest absolute Gasteiger partial charge is 0.462 e. The molecule has 2 aromatic carbocycles. The van der Waals surface area contributed by atoms with Crippen LogP contribution in [-0.4, -0.2) is 95.4 Å². The van der Waals surface area contributed by atoms with Crippen LogP contribution in [0.15, 0.2) is 71.8 Å². The minimum absolute atomic E-state index is 0.0744. The van der Waals surface area contributed by atoms with E-state index in [-0.39, 0.29) is 36.1 Å². The molecule has 4 aliphatic rings. The number of aliphatic hydroxyl groups is 1. The van der Waals surface area contributed by atoms with Crippen molar-refractivity contribution in [2.45, 2.75) is 116 Å². The minimum Gasteiger partial charge on any atom is -0.462 e. The summed E-state index contributed by atoms with van der Waals surface area (Å²) in [4.78, 5) is 81.1. The van der Waals surface area contributed by atoms with Gasteiger partial charge in [-0.15, -0.1) is 0 Å². The predicted molar refractivity (Wildman–Crippen MR) is 194 cm³/mol. The summed E-state index contributed by atoms with van der Waals surface area (Å²) in [6.07, 6.45) is -8.25. The highest BCUT2D eigenvalue weighted by Gasteiger charge is 2.81. The SMILES string of the molecule is CC(=O)O[C@H]1C[C@]2(C(C)(C)O)C(=C1C)[C@@H](OC(C)=O)[C@H](OC(=O)c1ccccc1)[C@@]1(C)[C@@H](OC(C)=O)C[C@@H]3OC[C@@]3(OC(C)=O)[C@@H]1[C@@H]2OC(=O)c1ccccc1. The summed E-state index contributed by atoms with van der Waals surface area (Å²) in [5, 5.41) is 12.7. The number of fused-ring (bicyclic) bond motifs is 4. The van der Waals surface area contributed by atoms with E-state index in [0.717, 1.165) is 6.92 Å². The van der Waals surface area contributed by atoms with E-state index in [9.17, 15) is 33.9 Å². The number of esters is 6. The molecule has 0 bridgehead atoms. The van der Waals surface area contributed by atoms with Crippen molar-refractivity contribution in [1.29, 1.82) is 0 Å². The van der Waals surface area contributed by atoms with Gasteiger partial charge in [0.1, 0.15) is 24.4 Å². The zero-order valence-electron chi connectivity index (χ0n) is 32.7. The smallest absolute Gasteiger partial charge is 0.338 e. The van der Waals surface area contributed by atoms with Crippen LogP contribution in [0.25, 0.3) is 0 Å². The molecular formula is C42H48O14. The molecule has 0 unspecified atom stereocenters. The molecule has 300 valence electrons. The van der Waals surface area contributed by atoms with Gasteiger partial charge in [-0.1, -0.05) is 43.3 Å². The van der Waals surface area contributed by atoms with Crippen molar-refractivity contribution in [1.82, 2.24) is 0 Å². The Hall–Kier alpha value is -5.08. The summed E-state index contributed by atoms with van der Waals surface area (Å²) < 4.78 is 43.8. The van der Waals surface area contributed by atoms with Crippen molar-refractivity contribution >= 4 is 35.8 Å². The van der Waals surface area contributed by atoms with Gasteiger partial charge in [0.2, 0.25) is 0 Å². The average Bonchev–Trinajstić information content (AvgIpc) is 3.37. The number of hydrogen-bond donors (Lipinski definition) is 1. The lowest BCUT2D eigenvalue weighted by Crippen LogP contribution is -2.79. The van der Waals surface area contributed by atoms with Crippen molar-refractivity contribution in [3.8, 4) is 0 Å². The molecule has 0 amide bonds. The van der Waals surface area contributed by atoms with Crippen LogP contribution >= 0.6 is 0 Å². The van der Waals surface area contributed by atoms with Gasteiger partial charge in [0.15, 0.2) is 17.8 Å². The summed E-state index contributed by atoms with van der Waals surface area (Å²) in [5.74, 6) is -5.90. The summed E-state index contributed by atoms with van der Waals surface area (Å²) in [6.45, 7) is 10.8. The molecule has 2 aromatic rings. The Morgan fingerprint density at radius 1 is 0.732 bits per heavy atom. The van der Waals surface area contributed by atoms with Gasteiger partial charge in [-0.25, -0.2) is 9.59 Å². The number of carbonyl (C=O) groups is 6. The van der Waals surface area contributed by atoms with Crippen LogP contribution < -0.4 is 0 Å². The van der Waals surface area contributed by atoms with E-state index in [1.807, 2.05) is 0 Å². The monoisotopic (exact) mass is 776 g/mol. The van der Waals surface area contributed by atoms with Crippen LogP contribution in [0.2, 0.25) is 0 Å². The number of benzene rings is 2. The Morgan fingerprint density at radius 2 is 1.25 bits per heavy atom. The van der Waals surface area contributed by atoms with E-state index in [1.54, 1.807) is 62.4 Å². The van der Waals surface area contributed by atoms with Crippen LogP contribution in [0, 0.1) is 16.7 Å². The first-order valence-electron chi connectivity index (χ1n) is 18.6. The number of carbonyl (C=O) groups excluding carboxylic acids is 6. The lowest BCUT2D eigenvalue weighted by Gasteiger charge is -2.65. The lowest BCUT2D eigenvalue weighted by atomic mass is 9.49. The Balaban J connectivity index is 1.77. The molecule has 0 spiro atoms. The summed E-state index contributed by atoms with van der Waals surface area (Å²) in [6, 6.07) is 16.1. The lowest BCUT2D eigenvalue weighted by molar-refractivity contribution is -0.351. The normalized spacial score (nSPS) is 33.2. The van der Waals surface area contributed by atoms with Gasteiger partial charge >= 0.3 is 35.8 Å². The predicted octanol–water partition coefficient (Wildman–Crippen LogP) is 4.45. The Labute approximate surface area is 324 Å². The maximum Gasteiger partial charge on any atom is 0.338 e. The topological polar surface area (TPSA) is 187 Å². The van der Waals surface area contributed by atoms with Crippen LogP contribution in [-0.2, 0) is 52.3 Å². The average molecular weight is 777 g/mol. The second-order valence-electron chi connectivity index (χ2n) is 15.9. The molecule has 14 nitrogen and oxygen atoms in total. The zero-order valence-corrected chi connectivity index (χ0v) is 32.7. The highest BCUT2D eigenvalue weighted by molar-refractivity contribution is 5.90. The van der Waals surface area contributed by atoms with Gasteiger partial charge in [-0.3, -0.25) is 19.2 Å². The number of rotatable bonds is 9. The van der Waals surface area contributed by atoms with E-state index >= 15 is 0 Å².